The molecule has 10 heteroatoms. The van der Waals surface area contributed by atoms with Crippen molar-refractivity contribution < 1.29 is 6.48 Å². The molecule has 1 saturated carbocycles. The number of nitrogens with zero attached hydrogens (tertiary/aromatic N) is 7. The molecule has 2 aliphatic carbocycles. The van der Waals surface area contributed by atoms with Crippen LogP contribution < -0.4 is 15.8 Å². The zero-order valence-corrected chi connectivity index (χ0v) is 24.3. The van der Waals surface area contributed by atoms with Crippen LogP contribution in [0.15, 0.2) is 60.0 Å². The van der Waals surface area contributed by atoms with Crippen molar-refractivity contribution in [2.75, 3.05) is 37.4 Å². The number of fused-ring (bicyclic) bond motifs is 2. The third-order valence-corrected chi connectivity index (χ3v) is 9.30. The zero-order valence-electron chi connectivity index (χ0n) is 25.3. The molecule has 0 amide bonds. The summed E-state index contributed by atoms with van der Waals surface area (Å²) in [6, 6.07) is 12.6. The molecule has 0 bridgehead atoms. The van der Waals surface area contributed by atoms with E-state index >= 15 is 0 Å². The SMILES string of the molecule is [2H]C1(O)c2nc(-n3c4nc(Nc5ccc(N6CCC(N(C)C)CC6)cc5)ncc4c(=O)n3CC=C)ccc2CCC12CC2. The molecule has 1 aliphatic heterocycles. The summed E-state index contributed by atoms with van der Waals surface area (Å²) in [5.74, 6) is 0.770. The van der Waals surface area contributed by atoms with Gasteiger partial charge in [0.25, 0.3) is 5.56 Å². The van der Waals surface area contributed by atoms with Gasteiger partial charge >= 0.3 is 0 Å². The van der Waals surface area contributed by atoms with Gasteiger partial charge in [0.15, 0.2) is 11.5 Å². The van der Waals surface area contributed by atoms with Gasteiger partial charge in [0.1, 0.15) is 11.5 Å². The number of aromatic nitrogens is 5. The normalized spacial score (nSPS) is 21.9. The van der Waals surface area contributed by atoms with Crippen molar-refractivity contribution in [2.24, 2.45) is 5.41 Å². The number of aliphatic hydroxyl groups is 1. The molecule has 0 radical (unpaired) electrons. The standard InChI is InChI=1S/C32H38N8O2/c1-4-17-39-30(42)25-20-33-31(34-22-6-8-24(9-7-22)38-18-12-23(13-19-38)37(2)3)36-29(25)40(39)26-10-5-21-11-14-32(15-16-32)28(41)27(21)35-26/h4-10,20,23,28,41H,1,11-19H2,2-3H3,(H,33,34,36)/i28D. The number of allylic oxidation sites excluding steroid dienone is 1. The Morgan fingerprint density at radius 1 is 1.14 bits per heavy atom. The predicted molar refractivity (Wildman–Crippen MR) is 165 cm³/mol. The van der Waals surface area contributed by atoms with Crippen molar-refractivity contribution in [3.05, 3.63) is 76.9 Å². The number of anilines is 3. The van der Waals surface area contributed by atoms with E-state index in [4.69, 9.17) is 11.3 Å². The van der Waals surface area contributed by atoms with E-state index in [1.54, 1.807) is 10.8 Å². The Labute approximate surface area is 246 Å². The highest BCUT2D eigenvalue weighted by atomic mass is 16.3. The van der Waals surface area contributed by atoms with Gasteiger partial charge < -0.3 is 20.2 Å². The number of nitrogens with one attached hydrogen (secondary N) is 1. The van der Waals surface area contributed by atoms with Crippen LogP contribution in [0.5, 0.6) is 0 Å². The Morgan fingerprint density at radius 3 is 2.60 bits per heavy atom. The van der Waals surface area contributed by atoms with Gasteiger partial charge in [0, 0.05) is 42.1 Å². The lowest BCUT2D eigenvalue weighted by atomic mass is 9.82. The second kappa shape index (κ2) is 10.4. The van der Waals surface area contributed by atoms with Gasteiger partial charge in [-0.05, 0) is 88.5 Å². The van der Waals surface area contributed by atoms with Crippen LogP contribution in [0.1, 0.15) is 50.8 Å². The number of hydrogen-bond donors (Lipinski definition) is 2. The number of pyridine rings is 1. The van der Waals surface area contributed by atoms with Crippen LogP contribution in [0.2, 0.25) is 0 Å². The minimum absolute atomic E-state index is 0.235. The largest absolute Gasteiger partial charge is 0.386 e. The Morgan fingerprint density at radius 2 is 1.90 bits per heavy atom. The van der Waals surface area contributed by atoms with E-state index in [2.05, 4.69) is 52.9 Å². The van der Waals surface area contributed by atoms with Gasteiger partial charge in [-0.15, -0.1) is 6.58 Å². The lowest BCUT2D eigenvalue weighted by molar-refractivity contribution is 0.0734. The molecular formula is C32H38N8O2. The highest BCUT2D eigenvalue weighted by Crippen LogP contribution is 2.60. The van der Waals surface area contributed by atoms with Crippen LogP contribution in [0.25, 0.3) is 16.9 Å². The maximum Gasteiger partial charge on any atom is 0.278 e. The maximum atomic E-state index is 13.4. The summed E-state index contributed by atoms with van der Waals surface area (Å²) in [6.45, 7) is 6.13. The Balaban J connectivity index is 1.21. The highest BCUT2D eigenvalue weighted by Gasteiger charge is 2.52. The first-order chi connectivity index (χ1) is 20.7. The zero-order chi connectivity index (χ0) is 29.9. The second-order valence-corrected chi connectivity index (χ2v) is 12.1. The predicted octanol–water partition coefficient (Wildman–Crippen LogP) is 4.20. The molecule has 7 rings (SSSR count). The smallest absolute Gasteiger partial charge is 0.278 e. The van der Waals surface area contributed by atoms with E-state index in [-0.39, 0.29) is 12.1 Å². The third-order valence-electron chi connectivity index (χ3n) is 9.30. The summed E-state index contributed by atoms with van der Waals surface area (Å²) in [6.07, 6.45) is 6.92. The molecule has 1 unspecified atom stereocenters. The highest BCUT2D eigenvalue weighted by molar-refractivity contribution is 5.77. The molecule has 4 aromatic rings. The van der Waals surface area contributed by atoms with E-state index < -0.39 is 11.5 Å². The van der Waals surface area contributed by atoms with Crippen LogP contribution in [-0.2, 0) is 13.0 Å². The third kappa shape index (κ3) is 4.59. The van der Waals surface area contributed by atoms with Gasteiger partial charge in [0.05, 0.1) is 13.6 Å². The van der Waals surface area contributed by atoms with Gasteiger partial charge in [-0.25, -0.2) is 19.3 Å². The van der Waals surface area contributed by atoms with Crippen LogP contribution in [0, 0.1) is 5.41 Å². The van der Waals surface area contributed by atoms with Gasteiger partial charge in [-0.1, -0.05) is 12.1 Å². The molecule has 3 aliphatic rings. The van der Waals surface area contributed by atoms with Crippen molar-refractivity contribution in [3.8, 4) is 5.82 Å². The summed E-state index contributed by atoms with van der Waals surface area (Å²) in [5, 5.41) is 14.9. The monoisotopic (exact) mass is 567 g/mol. The maximum absolute atomic E-state index is 13.4. The topological polar surface area (TPSA) is 104 Å². The van der Waals surface area contributed by atoms with Crippen LogP contribution in [0.4, 0.5) is 17.3 Å². The van der Waals surface area contributed by atoms with Gasteiger partial charge in [0.2, 0.25) is 5.95 Å². The number of benzene rings is 1. The second-order valence-electron chi connectivity index (χ2n) is 12.1. The van der Waals surface area contributed by atoms with E-state index in [9.17, 15) is 9.90 Å². The lowest BCUT2D eigenvalue weighted by Crippen LogP contribution is -2.41. The van der Waals surface area contributed by atoms with Crippen LogP contribution in [-0.4, -0.2) is 67.5 Å². The first kappa shape index (κ1) is 25.7. The number of aryl methyl sites for hydroxylation is 1. The van der Waals surface area contributed by atoms with Crippen molar-refractivity contribution in [2.45, 2.75) is 57.2 Å². The van der Waals surface area contributed by atoms with Crippen LogP contribution >= 0.6 is 0 Å². The van der Waals surface area contributed by atoms with Gasteiger partial charge in [-0.3, -0.25) is 4.79 Å². The fraction of sp³-hybridized carbons (Fsp3) is 0.438. The molecular weight excluding hydrogens is 528 g/mol. The van der Waals surface area contributed by atoms with E-state index in [0.29, 0.717) is 34.5 Å². The first-order valence-corrected chi connectivity index (χ1v) is 14.8. The van der Waals surface area contributed by atoms with E-state index in [1.807, 2.05) is 24.3 Å². The summed E-state index contributed by atoms with van der Waals surface area (Å²) >= 11 is 0. The number of hydrogen-bond acceptors (Lipinski definition) is 8. The number of piperidine rings is 1. The fourth-order valence-electron chi connectivity index (χ4n) is 6.52. The Bertz CT molecular complexity index is 1750. The Kier molecular flexibility index (Phi) is 6.33. The Hall–Kier alpha value is -4.02. The molecule has 1 spiro atoms. The van der Waals surface area contributed by atoms with E-state index in [0.717, 1.165) is 62.9 Å². The van der Waals surface area contributed by atoms with Gasteiger partial charge in [-0.2, -0.15) is 4.98 Å². The van der Waals surface area contributed by atoms with Crippen molar-refractivity contribution in [1.29, 1.82) is 0 Å². The summed E-state index contributed by atoms with van der Waals surface area (Å²) in [7, 11) is 4.30. The minimum Gasteiger partial charge on any atom is -0.386 e. The van der Waals surface area contributed by atoms with E-state index in [1.165, 1.54) is 16.6 Å². The van der Waals surface area contributed by atoms with Crippen molar-refractivity contribution in [1.82, 2.24) is 29.2 Å². The van der Waals surface area contributed by atoms with Crippen LogP contribution in [0.3, 0.4) is 0 Å². The average Bonchev–Trinajstić information content (AvgIpc) is 3.76. The molecule has 1 aromatic carbocycles. The number of rotatable bonds is 7. The quantitative estimate of drug-likeness (QED) is 0.321. The van der Waals surface area contributed by atoms with Crippen molar-refractivity contribution in [3.63, 3.8) is 0 Å². The molecule has 3 aromatic heterocycles. The van der Waals surface area contributed by atoms with Crippen molar-refractivity contribution >= 4 is 28.4 Å². The summed E-state index contributed by atoms with van der Waals surface area (Å²) in [5.41, 5.74) is 2.97. The average molecular weight is 568 g/mol. The molecule has 2 N–H and O–H groups in total. The molecule has 4 heterocycles. The summed E-state index contributed by atoms with van der Waals surface area (Å²) < 4.78 is 12.0. The minimum atomic E-state index is -1.76. The molecule has 218 valence electrons. The fourth-order valence-corrected chi connectivity index (χ4v) is 6.52. The molecule has 1 atom stereocenters. The summed E-state index contributed by atoms with van der Waals surface area (Å²) in [4.78, 5) is 32.2. The molecule has 42 heavy (non-hydrogen) atoms. The lowest BCUT2D eigenvalue weighted by Gasteiger charge is -2.36. The molecule has 10 nitrogen and oxygen atoms in total. The first-order valence-electron chi connectivity index (χ1n) is 15.3. The molecule has 1 saturated heterocycles. The molecule has 2 fully saturated rings.